The first kappa shape index (κ1) is 21.5. The van der Waals surface area contributed by atoms with Gasteiger partial charge in [-0.05, 0) is 42.8 Å². The molecule has 3 rings (SSSR count). The summed E-state index contributed by atoms with van der Waals surface area (Å²) in [6.07, 6.45) is 0. The van der Waals surface area contributed by atoms with Crippen molar-refractivity contribution in [3.05, 3.63) is 58.1 Å². The van der Waals surface area contributed by atoms with Gasteiger partial charge in [0.1, 0.15) is 11.5 Å². The van der Waals surface area contributed by atoms with E-state index in [0.717, 1.165) is 46.7 Å². The third-order valence-corrected chi connectivity index (χ3v) is 5.72. The number of amides is 2. The van der Waals surface area contributed by atoms with E-state index >= 15 is 0 Å². The third-order valence-electron chi connectivity index (χ3n) is 5.23. The van der Waals surface area contributed by atoms with Crippen molar-refractivity contribution < 1.29 is 14.3 Å². The van der Waals surface area contributed by atoms with Crippen LogP contribution in [0, 0.1) is 0 Å². The maximum absolute atomic E-state index is 12.7. The lowest BCUT2D eigenvalue weighted by atomic mass is 10.1. The Bertz CT molecular complexity index is 838. The second-order valence-electron chi connectivity index (χ2n) is 7.17. The van der Waals surface area contributed by atoms with Gasteiger partial charge in [-0.15, -0.1) is 0 Å². The SMILES string of the molecule is COc1ccc(OC)c(CN2CCN(C(=O)NC(C)c3cccc(Br)c3)CC2)c1. The van der Waals surface area contributed by atoms with Crippen LogP contribution in [0.15, 0.2) is 46.9 Å². The molecule has 6 nitrogen and oxygen atoms in total. The molecule has 7 heteroatoms. The van der Waals surface area contributed by atoms with Crippen molar-refractivity contribution in [2.45, 2.75) is 19.5 Å². The number of methoxy groups -OCH3 is 2. The van der Waals surface area contributed by atoms with Crippen LogP contribution in [0.1, 0.15) is 24.1 Å². The molecule has 0 saturated carbocycles. The summed E-state index contributed by atoms with van der Waals surface area (Å²) in [4.78, 5) is 16.9. The molecule has 2 aromatic rings. The number of nitrogens with one attached hydrogen (secondary N) is 1. The third kappa shape index (κ3) is 5.64. The van der Waals surface area contributed by atoms with Crippen LogP contribution in [0.3, 0.4) is 0 Å². The zero-order valence-corrected chi connectivity index (χ0v) is 18.7. The molecule has 2 aromatic carbocycles. The molecule has 1 atom stereocenters. The molecule has 1 aliphatic rings. The van der Waals surface area contributed by atoms with Crippen LogP contribution in [-0.4, -0.2) is 56.2 Å². The monoisotopic (exact) mass is 461 g/mol. The Morgan fingerprint density at radius 3 is 2.52 bits per heavy atom. The number of rotatable bonds is 6. The van der Waals surface area contributed by atoms with Gasteiger partial charge in [0, 0.05) is 42.8 Å². The number of ether oxygens (including phenoxy) is 2. The Kier molecular flexibility index (Phi) is 7.39. The average molecular weight is 462 g/mol. The number of hydrogen-bond donors (Lipinski definition) is 1. The van der Waals surface area contributed by atoms with Gasteiger partial charge in [0.15, 0.2) is 0 Å². The van der Waals surface area contributed by atoms with Gasteiger partial charge in [-0.2, -0.15) is 0 Å². The van der Waals surface area contributed by atoms with Crippen molar-refractivity contribution in [1.29, 1.82) is 0 Å². The summed E-state index contributed by atoms with van der Waals surface area (Å²) in [7, 11) is 3.35. The first-order chi connectivity index (χ1) is 14.0. The molecular weight excluding hydrogens is 434 g/mol. The van der Waals surface area contributed by atoms with Crippen LogP contribution in [0.2, 0.25) is 0 Å². The highest BCUT2D eigenvalue weighted by Gasteiger charge is 2.23. The van der Waals surface area contributed by atoms with E-state index in [2.05, 4.69) is 26.1 Å². The summed E-state index contributed by atoms with van der Waals surface area (Å²) in [5.74, 6) is 1.68. The van der Waals surface area contributed by atoms with Crippen molar-refractivity contribution in [1.82, 2.24) is 15.1 Å². The summed E-state index contributed by atoms with van der Waals surface area (Å²) in [5, 5.41) is 3.10. The molecule has 0 aliphatic carbocycles. The fourth-order valence-electron chi connectivity index (χ4n) is 3.49. The molecule has 1 heterocycles. The van der Waals surface area contributed by atoms with Gasteiger partial charge >= 0.3 is 6.03 Å². The number of halogens is 1. The maximum Gasteiger partial charge on any atom is 0.317 e. The number of carbonyl (C=O) groups excluding carboxylic acids is 1. The number of benzene rings is 2. The normalized spacial score (nSPS) is 15.7. The number of urea groups is 1. The minimum atomic E-state index is -0.0425. The van der Waals surface area contributed by atoms with Crippen LogP contribution in [0.25, 0.3) is 0 Å². The molecule has 0 radical (unpaired) electrons. The van der Waals surface area contributed by atoms with E-state index in [-0.39, 0.29) is 12.1 Å². The molecule has 156 valence electrons. The first-order valence-electron chi connectivity index (χ1n) is 9.74. The summed E-state index contributed by atoms with van der Waals surface area (Å²) in [6, 6.07) is 13.8. The van der Waals surface area contributed by atoms with E-state index in [4.69, 9.17) is 9.47 Å². The molecule has 1 N–H and O–H groups in total. The van der Waals surface area contributed by atoms with Crippen LogP contribution in [0.4, 0.5) is 4.79 Å². The van der Waals surface area contributed by atoms with Crippen molar-refractivity contribution in [2.24, 2.45) is 0 Å². The minimum absolute atomic E-state index is 0.0175. The van der Waals surface area contributed by atoms with Gasteiger partial charge in [0.25, 0.3) is 0 Å². The first-order valence-corrected chi connectivity index (χ1v) is 10.5. The highest BCUT2D eigenvalue weighted by Crippen LogP contribution is 2.25. The predicted octanol–water partition coefficient (Wildman–Crippen LogP) is 4.05. The molecule has 0 spiro atoms. The number of piperazine rings is 1. The molecule has 1 aliphatic heterocycles. The topological polar surface area (TPSA) is 54.0 Å². The second-order valence-corrected chi connectivity index (χ2v) is 8.08. The zero-order valence-electron chi connectivity index (χ0n) is 17.2. The van der Waals surface area contributed by atoms with Gasteiger partial charge in [0.2, 0.25) is 0 Å². The molecule has 0 bridgehead atoms. The molecule has 1 saturated heterocycles. The van der Waals surface area contributed by atoms with Crippen LogP contribution < -0.4 is 14.8 Å². The highest BCUT2D eigenvalue weighted by molar-refractivity contribution is 9.10. The standard InChI is InChI=1S/C22H28BrN3O3/c1-16(17-5-4-6-19(23)13-17)24-22(27)26-11-9-25(10-12-26)15-18-14-20(28-2)7-8-21(18)29-3/h4-8,13-14,16H,9-12,15H2,1-3H3,(H,24,27). The van der Waals surface area contributed by atoms with Crippen molar-refractivity contribution in [3.8, 4) is 11.5 Å². The van der Waals surface area contributed by atoms with Crippen LogP contribution >= 0.6 is 15.9 Å². The van der Waals surface area contributed by atoms with E-state index in [9.17, 15) is 4.79 Å². The van der Waals surface area contributed by atoms with Crippen LogP contribution in [0.5, 0.6) is 11.5 Å². The van der Waals surface area contributed by atoms with Gasteiger partial charge < -0.3 is 19.7 Å². The Balaban J connectivity index is 1.53. The summed E-state index contributed by atoms with van der Waals surface area (Å²) >= 11 is 3.48. The van der Waals surface area contributed by atoms with E-state index in [1.807, 2.05) is 54.3 Å². The Morgan fingerprint density at radius 1 is 1.10 bits per heavy atom. The molecule has 0 aromatic heterocycles. The molecule has 1 unspecified atom stereocenters. The van der Waals surface area contributed by atoms with Gasteiger partial charge in [0.05, 0.1) is 20.3 Å². The Hall–Kier alpha value is -2.25. The van der Waals surface area contributed by atoms with Crippen LogP contribution in [-0.2, 0) is 6.54 Å². The van der Waals surface area contributed by atoms with E-state index in [1.54, 1.807) is 14.2 Å². The lowest BCUT2D eigenvalue weighted by Crippen LogP contribution is -2.51. The lowest BCUT2D eigenvalue weighted by Gasteiger charge is -2.35. The predicted molar refractivity (Wildman–Crippen MR) is 117 cm³/mol. The lowest BCUT2D eigenvalue weighted by molar-refractivity contribution is 0.133. The fourth-order valence-corrected chi connectivity index (χ4v) is 3.91. The Morgan fingerprint density at radius 2 is 1.86 bits per heavy atom. The second kappa shape index (κ2) is 9.98. The molecule has 2 amide bonds. The summed E-state index contributed by atoms with van der Waals surface area (Å²) in [6.45, 7) is 5.81. The average Bonchev–Trinajstić information content (AvgIpc) is 2.74. The summed E-state index contributed by atoms with van der Waals surface area (Å²) < 4.78 is 11.8. The van der Waals surface area contributed by atoms with E-state index in [1.165, 1.54) is 0 Å². The number of nitrogens with zero attached hydrogens (tertiary/aromatic N) is 2. The van der Waals surface area contributed by atoms with E-state index in [0.29, 0.717) is 13.1 Å². The zero-order chi connectivity index (χ0) is 20.8. The number of carbonyl (C=O) groups is 1. The largest absolute Gasteiger partial charge is 0.497 e. The number of hydrogen-bond acceptors (Lipinski definition) is 4. The fraction of sp³-hybridized carbons (Fsp3) is 0.409. The summed E-state index contributed by atoms with van der Waals surface area (Å²) in [5.41, 5.74) is 2.17. The highest BCUT2D eigenvalue weighted by atomic mass is 79.9. The minimum Gasteiger partial charge on any atom is -0.497 e. The van der Waals surface area contributed by atoms with E-state index < -0.39 is 0 Å². The van der Waals surface area contributed by atoms with Gasteiger partial charge in [-0.1, -0.05) is 28.1 Å². The van der Waals surface area contributed by atoms with Gasteiger partial charge in [-0.3, -0.25) is 4.90 Å². The maximum atomic E-state index is 12.7. The quantitative estimate of drug-likeness (QED) is 0.704. The Labute approximate surface area is 180 Å². The van der Waals surface area contributed by atoms with Gasteiger partial charge in [-0.25, -0.2) is 4.79 Å². The molecule has 1 fully saturated rings. The smallest absolute Gasteiger partial charge is 0.317 e. The molecular formula is C22H28BrN3O3. The van der Waals surface area contributed by atoms with Crippen molar-refractivity contribution in [3.63, 3.8) is 0 Å². The van der Waals surface area contributed by atoms with Crippen molar-refractivity contribution in [2.75, 3.05) is 40.4 Å². The van der Waals surface area contributed by atoms with Crippen molar-refractivity contribution >= 4 is 22.0 Å². The molecule has 29 heavy (non-hydrogen) atoms.